The van der Waals surface area contributed by atoms with Crippen LogP contribution in [0.1, 0.15) is 28.3 Å². The van der Waals surface area contributed by atoms with E-state index in [-0.39, 0.29) is 36.6 Å². The minimum atomic E-state index is -4.72. The van der Waals surface area contributed by atoms with Crippen LogP contribution in [-0.2, 0) is 23.8 Å². The van der Waals surface area contributed by atoms with Gasteiger partial charge in [-0.25, -0.2) is 9.50 Å². The minimum absolute atomic E-state index is 0.0739. The lowest BCUT2D eigenvalue weighted by Crippen LogP contribution is -2.28. The number of nitrogens with one attached hydrogen (secondary N) is 1. The molecule has 0 aliphatic heterocycles. The zero-order valence-electron chi connectivity index (χ0n) is 18.7. The number of amides is 1. The van der Waals surface area contributed by atoms with Crippen LogP contribution in [0.5, 0.6) is 11.5 Å². The molecule has 3 rings (SSSR count). The molecule has 0 fully saturated rings. The molecule has 3 aromatic rings. The Labute approximate surface area is 191 Å². The molecule has 1 aromatic carbocycles. The molecule has 0 spiro atoms. The van der Waals surface area contributed by atoms with E-state index in [2.05, 4.69) is 20.4 Å². The summed E-state index contributed by atoms with van der Waals surface area (Å²) < 4.78 is 50.0. The van der Waals surface area contributed by atoms with Crippen LogP contribution in [0.15, 0.2) is 12.1 Å². The molecule has 34 heavy (non-hydrogen) atoms. The number of nitro benzene ring substituents is 1. The van der Waals surface area contributed by atoms with Gasteiger partial charge in [-0.15, -0.1) is 5.10 Å². The van der Waals surface area contributed by atoms with Gasteiger partial charge in [0.2, 0.25) is 5.91 Å². The maximum atomic E-state index is 12.9. The molecule has 14 heteroatoms. The van der Waals surface area contributed by atoms with Crippen LogP contribution >= 0.6 is 0 Å². The first-order valence-corrected chi connectivity index (χ1v) is 9.92. The van der Waals surface area contributed by atoms with E-state index in [0.29, 0.717) is 28.3 Å². The summed E-state index contributed by atoms with van der Waals surface area (Å²) >= 11 is 0. The van der Waals surface area contributed by atoms with Gasteiger partial charge in [0, 0.05) is 29.1 Å². The quantitative estimate of drug-likeness (QED) is 0.383. The summed E-state index contributed by atoms with van der Waals surface area (Å²) in [5, 5.41) is 17.5. The average Bonchev–Trinajstić information content (AvgIpc) is 3.20. The minimum Gasteiger partial charge on any atom is -0.493 e. The van der Waals surface area contributed by atoms with Gasteiger partial charge in [-0.05, 0) is 26.3 Å². The smallest absolute Gasteiger partial charge is 0.453 e. The zero-order chi connectivity index (χ0) is 25.2. The second-order valence-corrected chi connectivity index (χ2v) is 7.28. The van der Waals surface area contributed by atoms with Crippen molar-refractivity contribution in [3.8, 4) is 11.5 Å². The van der Waals surface area contributed by atoms with Crippen molar-refractivity contribution in [3.05, 3.63) is 50.6 Å². The Morgan fingerprint density at radius 3 is 2.41 bits per heavy atom. The van der Waals surface area contributed by atoms with Crippen molar-refractivity contribution in [2.45, 2.75) is 32.9 Å². The van der Waals surface area contributed by atoms with Crippen molar-refractivity contribution in [1.82, 2.24) is 24.9 Å². The molecular weight excluding hydrogens is 461 g/mol. The number of nitro groups is 1. The summed E-state index contributed by atoms with van der Waals surface area (Å²) in [6.07, 6.45) is -4.76. The number of carbonyl (C=O) groups excluding carboxylic acids is 1. The summed E-state index contributed by atoms with van der Waals surface area (Å²) in [5.74, 6) is -1.46. The van der Waals surface area contributed by atoms with Gasteiger partial charge >= 0.3 is 6.18 Å². The Kier molecular flexibility index (Phi) is 6.88. The highest BCUT2D eigenvalue weighted by Gasteiger charge is 2.37. The zero-order valence-corrected chi connectivity index (χ0v) is 18.7. The second-order valence-electron chi connectivity index (χ2n) is 7.28. The number of fused-ring (bicyclic) bond motifs is 1. The fourth-order valence-electron chi connectivity index (χ4n) is 3.42. The van der Waals surface area contributed by atoms with Crippen LogP contribution in [0.2, 0.25) is 0 Å². The monoisotopic (exact) mass is 482 g/mol. The number of benzene rings is 1. The molecule has 1 N–H and O–H groups in total. The lowest BCUT2D eigenvalue weighted by molar-refractivity contribution is -0.385. The molecule has 11 nitrogen and oxygen atoms in total. The number of carbonyl (C=O) groups is 1. The van der Waals surface area contributed by atoms with Crippen molar-refractivity contribution in [1.29, 1.82) is 0 Å². The number of aryl methyl sites for hydroxylation is 2. The third-order valence-corrected chi connectivity index (χ3v) is 5.14. The summed E-state index contributed by atoms with van der Waals surface area (Å²) in [6, 6.07) is 2.72. The lowest BCUT2D eigenvalue weighted by atomic mass is 10.1. The second kappa shape index (κ2) is 9.49. The predicted octanol–water partition coefficient (Wildman–Crippen LogP) is 2.59. The number of ether oxygens (including phenoxy) is 2. The summed E-state index contributed by atoms with van der Waals surface area (Å²) in [6.45, 7) is 3.15. The van der Waals surface area contributed by atoms with Crippen molar-refractivity contribution >= 4 is 17.4 Å². The number of nitrogens with zero attached hydrogens (tertiary/aromatic N) is 5. The molecule has 1 amide bonds. The Bertz CT molecular complexity index is 1260. The predicted molar refractivity (Wildman–Crippen MR) is 112 cm³/mol. The summed E-state index contributed by atoms with van der Waals surface area (Å²) in [5.41, 5.74) is 1.20. The Balaban J connectivity index is 1.74. The maximum Gasteiger partial charge on any atom is 0.453 e. The first-order chi connectivity index (χ1) is 16.0. The van der Waals surface area contributed by atoms with Crippen LogP contribution in [0, 0.1) is 24.0 Å². The number of methoxy groups -OCH3 is 2. The summed E-state index contributed by atoms with van der Waals surface area (Å²) in [7, 11) is 2.76. The number of halogens is 3. The third-order valence-electron chi connectivity index (χ3n) is 5.14. The molecular formula is C20H21F3N6O5. The molecule has 0 saturated carbocycles. The van der Waals surface area contributed by atoms with Crippen molar-refractivity contribution in [2.75, 3.05) is 20.8 Å². The highest BCUT2D eigenvalue weighted by atomic mass is 19.4. The SMILES string of the molecule is COc1cc(CCNC(=O)Cc2c(C)nc3nc(C(F)(F)F)nn3c2C)c([N+](=O)[O-])cc1OC. The number of hydrogen-bond acceptors (Lipinski definition) is 8. The molecule has 2 aromatic heterocycles. The number of alkyl halides is 3. The number of rotatable bonds is 8. The molecule has 182 valence electrons. The molecule has 0 atom stereocenters. The fourth-order valence-corrected chi connectivity index (χ4v) is 3.42. The number of hydrogen-bond donors (Lipinski definition) is 1. The van der Waals surface area contributed by atoms with Gasteiger partial charge in [0.15, 0.2) is 11.5 Å². The van der Waals surface area contributed by atoms with Crippen LogP contribution in [0.3, 0.4) is 0 Å². The van der Waals surface area contributed by atoms with E-state index in [1.54, 1.807) is 6.92 Å². The van der Waals surface area contributed by atoms with E-state index in [0.717, 1.165) is 4.52 Å². The molecule has 0 aliphatic rings. The van der Waals surface area contributed by atoms with Gasteiger partial charge in [-0.1, -0.05) is 0 Å². The lowest BCUT2D eigenvalue weighted by Gasteiger charge is -2.12. The Hall–Kier alpha value is -3.97. The van der Waals surface area contributed by atoms with Gasteiger partial charge < -0.3 is 14.8 Å². The third kappa shape index (κ3) is 5.00. The van der Waals surface area contributed by atoms with Crippen LogP contribution in [-0.4, -0.2) is 51.2 Å². The summed E-state index contributed by atoms with van der Waals surface area (Å²) in [4.78, 5) is 30.8. The van der Waals surface area contributed by atoms with E-state index < -0.39 is 22.8 Å². The molecule has 0 unspecified atom stereocenters. The maximum absolute atomic E-state index is 12.9. The van der Waals surface area contributed by atoms with Gasteiger partial charge in [0.25, 0.3) is 17.3 Å². The normalized spacial score (nSPS) is 11.5. The highest BCUT2D eigenvalue weighted by Crippen LogP contribution is 2.34. The van der Waals surface area contributed by atoms with Crippen LogP contribution in [0.25, 0.3) is 5.78 Å². The molecule has 0 radical (unpaired) electrons. The van der Waals surface area contributed by atoms with Crippen LogP contribution < -0.4 is 14.8 Å². The van der Waals surface area contributed by atoms with Gasteiger partial charge in [0.05, 0.1) is 31.6 Å². The largest absolute Gasteiger partial charge is 0.493 e. The first kappa shape index (κ1) is 24.7. The Morgan fingerprint density at radius 1 is 1.18 bits per heavy atom. The van der Waals surface area contributed by atoms with E-state index >= 15 is 0 Å². The van der Waals surface area contributed by atoms with E-state index in [9.17, 15) is 28.1 Å². The molecule has 0 bridgehead atoms. The molecule has 0 saturated heterocycles. The van der Waals surface area contributed by atoms with E-state index in [1.807, 2.05) is 0 Å². The van der Waals surface area contributed by atoms with Gasteiger partial charge in [-0.2, -0.15) is 18.2 Å². The van der Waals surface area contributed by atoms with Gasteiger partial charge in [0.1, 0.15) is 0 Å². The van der Waals surface area contributed by atoms with E-state index in [1.165, 1.54) is 33.3 Å². The standard InChI is InChI=1S/C20H21F3N6O5/c1-10-13(11(2)28-19(25-10)26-18(27-28)20(21,22)23)8-17(30)24-6-5-12-7-15(33-3)16(34-4)9-14(12)29(31)32/h7,9H,5-6,8H2,1-4H3,(H,24,30). The average molecular weight is 482 g/mol. The first-order valence-electron chi connectivity index (χ1n) is 9.92. The molecule has 0 aliphatic carbocycles. The topological polar surface area (TPSA) is 134 Å². The number of aromatic nitrogens is 4. The van der Waals surface area contributed by atoms with Gasteiger partial charge in [-0.3, -0.25) is 14.9 Å². The van der Waals surface area contributed by atoms with Crippen molar-refractivity contribution < 1.29 is 32.4 Å². The van der Waals surface area contributed by atoms with Crippen molar-refractivity contribution in [2.24, 2.45) is 0 Å². The van der Waals surface area contributed by atoms with Crippen molar-refractivity contribution in [3.63, 3.8) is 0 Å². The van der Waals surface area contributed by atoms with Crippen LogP contribution in [0.4, 0.5) is 18.9 Å². The van der Waals surface area contributed by atoms with E-state index in [4.69, 9.17) is 9.47 Å². The molecule has 2 heterocycles. The highest BCUT2D eigenvalue weighted by molar-refractivity contribution is 5.79. The fraction of sp³-hybridized carbons (Fsp3) is 0.400. The Morgan fingerprint density at radius 2 is 1.82 bits per heavy atom.